The zero-order valence-electron chi connectivity index (χ0n) is 19.2. The maximum absolute atomic E-state index is 14.1. The molecule has 0 bridgehead atoms. The third-order valence-electron chi connectivity index (χ3n) is 6.80. The normalized spacial score (nSPS) is 17.5. The first kappa shape index (κ1) is 23.7. The van der Waals surface area contributed by atoms with Crippen LogP contribution in [0.25, 0.3) is 0 Å². The molecule has 33 heavy (non-hydrogen) atoms. The van der Waals surface area contributed by atoms with Gasteiger partial charge in [0, 0.05) is 31.5 Å². The lowest BCUT2D eigenvalue weighted by Gasteiger charge is -2.41. The van der Waals surface area contributed by atoms with Crippen LogP contribution in [0.2, 0.25) is 5.02 Å². The molecular weight excluding hydrogens is 443 g/mol. The van der Waals surface area contributed by atoms with E-state index in [1.807, 2.05) is 19.1 Å². The fraction of sp³-hybridized carbons (Fsp3) is 0.462. The number of likely N-dealkylation sites (tertiary alicyclic amines) is 1. The lowest BCUT2D eigenvalue weighted by atomic mass is 9.89. The van der Waals surface area contributed by atoms with Crippen molar-refractivity contribution in [3.8, 4) is 5.75 Å². The van der Waals surface area contributed by atoms with E-state index in [0.29, 0.717) is 18.9 Å². The van der Waals surface area contributed by atoms with Crippen LogP contribution in [0.1, 0.15) is 61.8 Å². The van der Waals surface area contributed by atoms with E-state index < -0.39 is 0 Å². The van der Waals surface area contributed by atoms with Gasteiger partial charge in [-0.2, -0.15) is 0 Å². The molecule has 1 aliphatic heterocycles. The fourth-order valence-corrected chi connectivity index (χ4v) is 4.68. The van der Waals surface area contributed by atoms with Gasteiger partial charge in [-0.3, -0.25) is 19.4 Å². The zero-order valence-corrected chi connectivity index (χ0v) is 19.9. The van der Waals surface area contributed by atoms with Crippen molar-refractivity contribution in [2.45, 2.75) is 64.6 Å². The lowest BCUT2D eigenvalue weighted by Crippen LogP contribution is -2.41. The van der Waals surface area contributed by atoms with Gasteiger partial charge in [0.05, 0.1) is 11.6 Å². The lowest BCUT2D eigenvalue weighted by molar-refractivity contribution is -0.138. The molecule has 4 rings (SSSR count). The number of benzene rings is 2. The average molecular weight is 473 g/mol. The van der Waals surface area contributed by atoms with Gasteiger partial charge < -0.3 is 4.74 Å². The molecular formula is C26H30ClFN2O3. The molecule has 1 heterocycles. The summed E-state index contributed by atoms with van der Waals surface area (Å²) in [6.45, 7) is 5.44. The minimum Gasteiger partial charge on any atom is -0.491 e. The van der Waals surface area contributed by atoms with Gasteiger partial charge in [0.25, 0.3) is 0 Å². The van der Waals surface area contributed by atoms with Gasteiger partial charge in [-0.1, -0.05) is 36.2 Å². The van der Waals surface area contributed by atoms with E-state index in [2.05, 4.69) is 24.0 Å². The number of aryl methyl sites for hydroxylation is 1. The van der Waals surface area contributed by atoms with Crippen LogP contribution >= 0.6 is 11.6 Å². The number of nitrogens with zero attached hydrogens (tertiary/aromatic N) is 2. The Morgan fingerprint density at radius 1 is 1.15 bits per heavy atom. The maximum atomic E-state index is 14.1. The van der Waals surface area contributed by atoms with Gasteiger partial charge in [-0.05, 0) is 61.6 Å². The van der Waals surface area contributed by atoms with Crippen molar-refractivity contribution < 1.29 is 18.7 Å². The monoisotopic (exact) mass is 472 g/mol. The summed E-state index contributed by atoms with van der Waals surface area (Å²) in [5.41, 5.74) is 3.09. The number of hydrogen-bond acceptors (Lipinski definition) is 4. The summed E-state index contributed by atoms with van der Waals surface area (Å²) in [6.07, 6.45) is 4.11. The summed E-state index contributed by atoms with van der Waals surface area (Å²) < 4.78 is 19.9. The van der Waals surface area contributed by atoms with E-state index >= 15 is 0 Å². The number of hydrogen-bond donors (Lipinski definition) is 0. The first-order valence-electron chi connectivity index (χ1n) is 11.6. The molecule has 2 aromatic carbocycles. The quantitative estimate of drug-likeness (QED) is 0.456. The van der Waals surface area contributed by atoms with E-state index in [4.69, 9.17) is 16.3 Å². The Labute approximate surface area is 199 Å². The minimum atomic E-state index is -0.385. The summed E-state index contributed by atoms with van der Waals surface area (Å²) in [4.78, 5) is 27.2. The molecule has 1 atom stereocenters. The second-order valence-corrected chi connectivity index (χ2v) is 9.40. The third kappa shape index (κ3) is 5.39. The number of carbonyl (C=O) groups excluding carboxylic acids is 2. The van der Waals surface area contributed by atoms with Crippen LogP contribution in [0, 0.1) is 12.7 Å². The number of carbonyl (C=O) groups is 2. The van der Waals surface area contributed by atoms with E-state index in [1.54, 1.807) is 6.07 Å². The van der Waals surface area contributed by atoms with Crippen molar-refractivity contribution in [3.63, 3.8) is 0 Å². The van der Waals surface area contributed by atoms with Crippen molar-refractivity contribution in [2.75, 3.05) is 13.2 Å². The molecule has 2 aliphatic rings. The molecule has 1 saturated heterocycles. The molecule has 0 radical (unpaired) electrons. The highest BCUT2D eigenvalue weighted by atomic mass is 35.5. The highest BCUT2D eigenvalue weighted by Crippen LogP contribution is 2.35. The molecule has 0 N–H and O–H groups in total. The smallest absolute Gasteiger partial charge is 0.229 e. The number of ether oxygens (including phenoxy) is 1. The van der Waals surface area contributed by atoms with E-state index in [1.165, 1.54) is 17.4 Å². The molecule has 1 unspecified atom stereocenters. The molecule has 0 spiro atoms. The molecule has 7 heteroatoms. The van der Waals surface area contributed by atoms with Crippen molar-refractivity contribution in [1.82, 2.24) is 9.80 Å². The largest absolute Gasteiger partial charge is 0.491 e. The fourth-order valence-electron chi connectivity index (χ4n) is 4.57. The molecule has 0 aromatic heterocycles. The van der Waals surface area contributed by atoms with Crippen LogP contribution in [0.4, 0.5) is 4.39 Å². The van der Waals surface area contributed by atoms with Gasteiger partial charge in [0.15, 0.2) is 0 Å². The summed E-state index contributed by atoms with van der Waals surface area (Å²) in [5.74, 6) is 0.119. The van der Waals surface area contributed by atoms with E-state index in [9.17, 15) is 14.0 Å². The number of amides is 2. The molecule has 176 valence electrons. The Bertz CT molecular complexity index is 1020. The SMILES string of the molecule is Cc1cc(CN(C2CCC2)C(C)c2ccc(Cl)c(F)c2)ccc1OCCN1C(=O)CCC1=O. The molecule has 1 saturated carbocycles. The first-order chi connectivity index (χ1) is 15.8. The predicted octanol–water partition coefficient (Wildman–Crippen LogP) is 5.43. The number of imide groups is 1. The maximum Gasteiger partial charge on any atom is 0.229 e. The Morgan fingerprint density at radius 2 is 1.88 bits per heavy atom. The van der Waals surface area contributed by atoms with Crippen molar-refractivity contribution in [2.24, 2.45) is 0 Å². The molecule has 2 fully saturated rings. The average Bonchev–Trinajstić information content (AvgIpc) is 3.07. The summed E-state index contributed by atoms with van der Waals surface area (Å²) in [7, 11) is 0. The Hall–Kier alpha value is -2.44. The topological polar surface area (TPSA) is 49.9 Å². The van der Waals surface area contributed by atoms with Crippen molar-refractivity contribution >= 4 is 23.4 Å². The van der Waals surface area contributed by atoms with Crippen molar-refractivity contribution in [1.29, 1.82) is 0 Å². The number of halogens is 2. The summed E-state index contributed by atoms with van der Waals surface area (Å²) >= 11 is 5.88. The van der Waals surface area contributed by atoms with Crippen LogP contribution in [0.15, 0.2) is 36.4 Å². The van der Waals surface area contributed by atoms with Gasteiger partial charge in [-0.15, -0.1) is 0 Å². The first-order valence-corrected chi connectivity index (χ1v) is 12.0. The van der Waals surface area contributed by atoms with Gasteiger partial charge in [0.2, 0.25) is 11.8 Å². The standard InChI is InChI=1S/C26H30ClFN2O3/c1-17-14-19(6-9-24(17)33-13-12-29-25(31)10-11-26(29)32)16-30(21-4-3-5-21)18(2)20-7-8-22(27)23(28)15-20/h6-9,14-15,18,21H,3-5,10-13,16H2,1-2H3. The van der Waals surface area contributed by atoms with E-state index in [0.717, 1.165) is 41.8 Å². The molecule has 2 aromatic rings. The zero-order chi connectivity index (χ0) is 23.5. The highest BCUT2D eigenvalue weighted by molar-refractivity contribution is 6.30. The van der Waals surface area contributed by atoms with Gasteiger partial charge in [0.1, 0.15) is 18.2 Å². The van der Waals surface area contributed by atoms with Crippen LogP contribution < -0.4 is 4.74 Å². The second-order valence-electron chi connectivity index (χ2n) is 8.99. The minimum absolute atomic E-state index is 0.0637. The summed E-state index contributed by atoms with van der Waals surface area (Å²) in [6, 6.07) is 11.7. The highest BCUT2D eigenvalue weighted by Gasteiger charge is 2.30. The van der Waals surface area contributed by atoms with Crippen LogP contribution in [0.5, 0.6) is 5.75 Å². The molecule has 2 amide bonds. The predicted molar refractivity (Wildman–Crippen MR) is 126 cm³/mol. The van der Waals surface area contributed by atoms with Gasteiger partial charge >= 0.3 is 0 Å². The summed E-state index contributed by atoms with van der Waals surface area (Å²) in [5, 5.41) is 0.144. The van der Waals surface area contributed by atoms with Crippen LogP contribution in [0.3, 0.4) is 0 Å². The Morgan fingerprint density at radius 3 is 2.48 bits per heavy atom. The van der Waals surface area contributed by atoms with Crippen LogP contribution in [-0.2, 0) is 16.1 Å². The van der Waals surface area contributed by atoms with Crippen LogP contribution in [-0.4, -0.2) is 40.8 Å². The van der Waals surface area contributed by atoms with Crippen molar-refractivity contribution in [3.05, 3.63) is 63.9 Å². The second kappa shape index (κ2) is 10.2. The number of rotatable bonds is 9. The third-order valence-corrected chi connectivity index (χ3v) is 7.11. The van der Waals surface area contributed by atoms with Gasteiger partial charge in [-0.25, -0.2) is 4.39 Å². The Balaban J connectivity index is 1.41. The molecule has 5 nitrogen and oxygen atoms in total. The Kier molecular flexibility index (Phi) is 7.35. The molecule has 1 aliphatic carbocycles. The van der Waals surface area contributed by atoms with E-state index in [-0.39, 0.29) is 41.8 Å².